The number of fused-ring (bicyclic) bond motifs is 1. The monoisotopic (exact) mass is 398 g/mol. The predicted molar refractivity (Wildman–Crippen MR) is 102 cm³/mol. The van der Waals surface area contributed by atoms with Gasteiger partial charge in [-0.15, -0.1) is 0 Å². The van der Waals surface area contributed by atoms with Crippen LogP contribution in [0.25, 0.3) is 5.69 Å². The third kappa shape index (κ3) is 3.91. The number of halogens is 3. The second kappa shape index (κ2) is 7.54. The molecule has 1 aliphatic rings. The van der Waals surface area contributed by atoms with Crippen LogP contribution in [0.3, 0.4) is 0 Å². The van der Waals surface area contributed by atoms with Crippen molar-refractivity contribution in [3.63, 3.8) is 0 Å². The Morgan fingerprint density at radius 2 is 1.90 bits per heavy atom. The summed E-state index contributed by atoms with van der Waals surface area (Å²) < 4.78 is 40.1. The molecule has 1 heterocycles. The molecule has 0 saturated heterocycles. The minimum absolute atomic E-state index is 0.236. The lowest BCUT2D eigenvalue weighted by molar-refractivity contribution is -0.137. The smallest absolute Gasteiger partial charge is 0.265 e. The molecule has 0 fully saturated rings. The first-order chi connectivity index (χ1) is 13.9. The highest BCUT2D eigenvalue weighted by atomic mass is 19.4. The zero-order valence-corrected chi connectivity index (χ0v) is 15.3. The van der Waals surface area contributed by atoms with Crippen molar-refractivity contribution in [2.45, 2.75) is 25.4 Å². The van der Waals surface area contributed by atoms with Crippen LogP contribution in [0.15, 0.2) is 59.7 Å². The van der Waals surface area contributed by atoms with Crippen molar-refractivity contribution in [1.29, 1.82) is 0 Å². The summed E-state index contributed by atoms with van der Waals surface area (Å²) in [6.45, 7) is 0. The first-order valence-electron chi connectivity index (χ1n) is 9.10. The van der Waals surface area contributed by atoms with Gasteiger partial charge in [-0.1, -0.05) is 30.3 Å². The molecule has 5 nitrogen and oxygen atoms in total. The molecule has 1 aliphatic carbocycles. The Balaban J connectivity index is 1.54. The Kier molecular flexibility index (Phi) is 4.92. The lowest BCUT2D eigenvalue weighted by Gasteiger charge is -2.06. The highest BCUT2D eigenvalue weighted by molar-refractivity contribution is 5.95. The van der Waals surface area contributed by atoms with E-state index >= 15 is 0 Å². The van der Waals surface area contributed by atoms with E-state index in [1.165, 1.54) is 18.3 Å². The Hall–Kier alpha value is -3.42. The Morgan fingerprint density at radius 3 is 2.66 bits per heavy atom. The number of alkyl halides is 3. The number of aromatic nitrogens is 2. The summed E-state index contributed by atoms with van der Waals surface area (Å²) in [6.07, 6.45) is -0.729. The second-order valence-electron chi connectivity index (χ2n) is 6.70. The third-order valence-corrected chi connectivity index (χ3v) is 4.74. The molecule has 1 amide bonds. The van der Waals surface area contributed by atoms with E-state index in [4.69, 9.17) is 0 Å². The van der Waals surface area contributed by atoms with Crippen LogP contribution in [0.1, 0.15) is 39.3 Å². The number of hydrazone groups is 1. The van der Waals surface area contributed by atoms with Crippen molar-refractivity contribution in [2.24, 2.45) is 5.10 Å². The molecule has 1 aromatic heterocycles. The Morgan fingerprint density at radius 1 is 1.10 bits per heavy atom. The zero-order valence-electron chi connectivity index (χ0n) is 15.3. The van der Waals surface area contributed by atoms with Gasteiger partial charge in [0.2, 0.25) is 0 Å². The minimum atomic E-state index is -4.43. The quantitative estimate of drug-likeness (QED) is 0.530. The van der Waals surface area contributed by atoms with Crippen LogP contribution in [0, 0.1) is 0 Å². The van der Waals surface area contributed by atoms with Crippen molar-refractivity contribution < 1.29 is 18.0 Å². The molecule has 0 bridgehead atoms. The van der Waals surface area contributed by atoms with Crippen molar-refractivity contribution in [2.75, 3.05) is 0 Å². The molecular formula is C21H17F3N4O. The number of nitrogens with zero attached hydrogens (tertiary/aromatic N) is 3. The molecule has 0 aliphatic heterocycles. The summed E-state index contributed by atoms with van der Waals surface area (Å²) in [7, 11) is 0. The summed E-state index contributed by atoms with van der Waals surface area (Å²) in [4.78, 5) is 12.6. The van der Waals surface area contributed by atoms with Gasteiger partial charge in [-0.25, -0.2) is 10.1 Å². The molecule has 0 atom stereocenters. The fourth-order valence-corrected chi connectivity index (χ4v) is 3.42. The summed E-state index contributed by atoms with van der Waals surface area (Å²) in [5.41, 5.74) is 4.90. The number of benzene rings is 2. The van der Waals surface area contributed by atoms with Crippen molar-refractivity contribution in [3.8, 4) is 5.69 Å². The molecule has 3 aromatic rings. The third-order valence-electron chi connectivity index (χ3n) is 4.74. The topological polar surface area (TPSA) is 59.3 Å². The molecule has 0 spiro atoms. The van der Waals surface area contributed by atoms with Gasteiger partial charge in [-0.2, -0.15) is 23.4 Å². The molecular weight excluding hydrogens is 381 g/mol. The van der Waals surface area contributed by atoms with E-state index in [2.05, 4.69) is 15.6 Å². The molecule has 148 valence electrons. The zero-order chi connectivity index (χ0) is 20.4. The van der Waals surface area contributed by atoms with Gasteiger partial charge in [0.1, 0.15) is 0 Å². The van der Waals surface area contributed by atoms with Gasteiger partial charge in [0.25, 0.3) is 5.91 Å². The van der Waals surface area contributed by atoms with E-state index in [9.17, 15) is 18.0 Å². The van der Waals surface area contributed by atoms with Crippen molar-refractivity contribution in [1.82, 2.24) is 15.2 Å². The maximum absolute atomic E-state index is 12.8. The number of carbonyl (C=O) groups excluding carboxylic acids is 1. The highest BCUT2D eigenvalue weighted by Crippen LogP contribution is 2.29. The van der Waals surface area contributed by atoms with Gasteiger partial charge in [-0.3, -0.25) is 4.79 Å². The fourth-order valence-electron chi connectivity index (χ4n) is 3.42. The first-order valence-corrected chi connectivity index (χ1v) is 9.10. The van der Waals surface area contributed by atoms with Crippen LogP contribution in [0.5, 0.6) is 0 Å². The van der Waals surface area contributed by atoms with Gasteiger partial charge < -0.3 is 0 Å². The molecule has 2 aromatic carbocycles. The summed E-state index contributed by atoms with van der Waals surface area (Å²) in [5.74, 6) is -0.485. The fraction of sp³-hybridized carbons (Fsp3) is 0.190. The van der Waals surface area contributed by atoms with Crippen molar-refractivity contribution in [3.05, 3.63) is 82.7 Å². The minimum Gasteiger partial charge on any atom is -0.265 e. The number of hydrogen-bond donors (Lipinski definition) is 1. The standard InChI is InChI=1S/C21H17F3N4O/c22-21(23,24)15-7-4-6-14(12-15)13-25-26-20(29)19-17-10-5-11-18(17)28(27-19)16-8-2-1-3-9-16/h1-4,6-9,12-13H,5,10-11H2,(H,26,29)/b25-13+. The predicted octanol–water partition coefficient (Wildman–Crippen LogP) is 4.14. The maximum Gasteiger partial charge on any atom is 0.416 e. The van der Waals surface area contributed by atoms with Crippen LogP contribution in [-0.4, -0.2) is 21.9 Å². The normalized spacial score (nSPS) is 13.6. The average molecular weight is 398 g/mol. The van der Waals surface area contributed by atoms with Crippen LogP contribution in [0.2, 0.25) is 0 Å². The second-order valence-corrected chi connectivity index (χ2v) is 6.70. The van der Waals surface area contributed by atoms with Crippen LogP contribution in [-0.2, 0) is 19.0 Å². The molecule has 29 heavy (non-hydrogen) atoms. The summed E-state index contributed by atoms with van der Waals surface area (Å²) in [6, 6.07) is 14.3. The lowest BCUT2D eigenvalue weighted by atomic mass is 10.1. The Bertz CT molecular complexity index is 1070. The summed E-state index contributed by atoms with van der Waals surface area (Å²) >= 11 is 0. The van der Waals surface area contributed by atoms with Gasteiger partial charge >= 0.3 is 6.18 Å². The number of rotatable bonds is 4. The maximum atomic E-state index is 12.8. The van der Waals surface area contributed by atoms with Gasteiger partial charge in [0, 0.05) is 11.3 Å². The lowest BCUT2D eigenvalue weighted by Crippen LogP contribution is -2.20. The molecule has 0 radical (unpaired) electrons. The van der Waals surface area contributed by atoms with Gasteiger partial charge in [-0.05, 0) is 49.1 Å². The highest BCUT2D eigenvalue weighted by Gasteiger charge is 2.30. The number of carbonyl (C=O) groups is 1. The largest absolute Gasteiger partial charge is 0.416 e. The van der Waals surface area contributed by atoms with Crippen LogP contribution in [0.4, 0.5) is 13.2 Å². The molecule has 0 unspecified atom stereocenters. The molecule has 0 saturated carbocycles. The van der Waals surface area contributed by atoms with E-state index < -0.39 is 17.6 Å². The van der Waals surface area contributed by atoms with Gasteiger partial charge in [0.05, 0.1) is 17.5 Å². The number of para-hydroxylation sites is 1. The average Bonchev–Trinajstić information content (AvgIpc) is 3.31. The summed E-state index contributed by atoms with van der Waals surface area (Å²) in [5, 5.41) is 8.26. The Labute approximate surface area is 164 Å². The SMILES string of the molecule is O=C(N/N=C/c1cccc(C(F)(F)F)c1)c1nn(-c2ccccc2)c2c1CCC2. The van der Waals surface area contributed by atoms with Crippen molar-refractivity contribution >= 4 is 12.1 Å². The van der Waals surface area contributed by atoms with E-state index in [0.717, 1.165) is 48.3 Å². The molecule has 4 rings (SSSR count). The number of nitrogens with one attached hydrogen (secondary N) is 1. The molecule has 8 heteroatoms. The van der Waals surface area contributed by atoms with E-state index in [1.807, 2.05) is 30.3 Å². The first kappa shape index (κ1) is 18.9. The van der Waals surface area contributed by atoms with E-state index in [0.29, 0.717) is 5.69 Å². The molecule has 1 N–H and O–H groups in total. The van der Waals surface area contributed by atoms with E-state index in [-0.39, 0.29) is 5.56 Å². The number of hydrogen-bond acceptors (Lipinski definition) is 3. The number of amides is 1. The van der Waals surface area contributed by atoms with Crippen LogP contribution >= 0.6 is 0 Å². The van der Waals surface area contributed by atoms with E-state index in [1.54, 1.807) is 4.68 Å². The van der Waals surface area contributed by atoms with Gasteiger partial charge in [0.15, 0.2) is 5.69 Å². The van der Waals surface area contributed by atoms with Crippen LogP contribution < -0.4 is 5.43 Å².